The maximum absolute atomic E-state index is 13.5. The average molecular weight is 495 g/mol. The molecule has 3 aromatic carbocycles. The SMILES string of the molecule is CCCNC(=O)[C@@H](Cc1ccccc1)N(Cc1ccc(Cl)cc1)C(=O)CCSc1ccccc1. The molecule has 0 fully saturated rings. The van der Waals surface area contributed by atoms with Crippen molar-refractivity contribution in [3.05, 3.63) is 101 Å². The molecule has 3 aromatic rings. The normalized spacial score (nSPS) is 11.6. The summed E-state index contributed by atoms with van der Waals surface area (Å²) in [6.07, 6.45) is 1.64. The van der Waals surface area contributed by atoms with Crippen molar-refractivity contribution in [3.63, 3.8) is 0 Å². The van der Waals surface area contributed by atoms with E-state index in [4.69, 9.17) is 11.6 Å². The van der Waals surface area contributed by atoms with Crippen molar-refractivity contribution in [2.24, 2.45) is 0 Å². The molecule has 0 aliphatic carbocycles. The van der Waals surface area contributed by atoms with Gasteiger partial charge in [0, 0.05) is 41.6 Å². The quantitative estimate of drug-likeness (QED) is 0.315. The van der Waals surface area contributed by atoms with Gasteiger partial charge in [0.05, 0.1) is 0 Å². The minimum Gasteiger partial charge on any atom is -0.354 e. The standard InChI is InChI=1S/C28H31ClN2O2S/c1-2-18-30-28(33)26(20-22-9-5-3-6-10-22)31(21-23-13-15-24(29)16-14-23)27(32)17-19-34-25-11-7-4-8-12-25/h3-16,26H,2,17-21H2,1H3,(H,30,33)/t26-/m1/s1. The molecule has 4 nitrogen and oxygen atoms in total. The minimum atomic E-state index is -0.598. The first-order chi connectivity index (χ1) is 16.6. The van der Waals surface area contributed by atoms with E-state index >= 15 is 0 Å². The molecular formula is C28H31ClN2O2S. The lowest BCUT2D eigenvalue weighted by Gasteiger charge is -2.31. The van der Waals surface area contributed by atoms with E-state index in [1.807, 2.05) is 91.9 Å². The number of carbonyl (C=O) groups is 2. The van der Waals surface area contributed by atoms with E-state index in [0.29, 0.717) is 36.7 Å². The van der Waals surface area contributed by atoms with Gasteiger partial charge >= 0.3 is 0 Å². The Hall–Kier alpha value is -2.76. The van der Waals surface area contributed by atoms with Crippen LogP contribution in [0.15, 0.2) is 89.8 Å². The second-order valence-corrected chi connectivity index (χ2v) is 9.66. The van der Waals surface area contributed by atoms with Crippen LogP contribution >= 0.6 is 23.4 Å². The van der Waals surface area contributed by atoms with Crippen LogP contribution in [0.5, 0.6) is 0 Å². The van der Waals surface area contributed by atoms with E-state index in [1.165, 1.54) is 0 Å². The zero-order chi connectivity index (χ0) is 24.2. The fourth-order valence-corrected chi connectivity index (χ4v) is 4.61. The lowest BCUT2D eigenvalue weighted by atomic mass is 10.0. The predicted molar refractivity (Wildman–Crippen MR) is 141 cm³/mol. The van der Waals surface area contributed by atoms with Gasteiger partial charge in [-0.1, -0.05) is 79.2 Å². The van der Waals surface area contributed by atoms with Gasteiger partial charge in [0.15, 0.2) is 0 Å². The number of nitrogens with zero attached hydrogens (tertiary/aromatic N) is 1. The summed E-state index contributed by atoms with van der Waals surface area (Å²) < 4.78 is 0. The molecule has 1 N–H and O–H groups in total. The molecule has 0 saturated carbocycles. The zero-order valence-electron chi connectivity index (χ0n) is 19.5. The molecule has 6 heteroatoms. The van der Waals surface area contributed by atoms with Crippen molar-refractivity contribution in [2.75, 3.05) is 12.3 Å². The van der Waals surface area contributed by atoms with E-state index in [2.05, 4.69) is 5.32 Å². The van der Waals surface area contributed by atoms with E-state index in [0.717, 1.165) is 22.4 Å². The summed E-state index contributed by atoms with van der Waals surface area (Å²) >= 11 is 7.71. The Morgan fingerprint density at radius 2 is 1.56 bits per heavy atom. The van der Waals surface area contributed by atoms with Gasteiger partial charge in [-0.15, -0.1) is 11.8 Å². The molecule has 0 aliphatic rings. The van der Waals surface area contributed by atoms with Crippen LogP contribution in [-0.4, -0.2) is 35.1 Å². The van der Waals surface area contributed by atoms with Crippen molar-refractivity contribution in [1.29, 1.82) is 0 Å². The molecule has 0 radical (unpaired) electrons. The zero-order valence-corrected chi connectivity index (χ0v) is 21.0. The highest BCUT2D eigenvalue weighted by Gasteiger charge is 2.30. The Balaban J connectivity index is 1.82. The Bertz CT molecular complexity index is 1030. The highest BCUT2D eigenvalue weighted by Crippen LogP contribution is 2.21. The van der Waals surface area contributed by atoms with Crippen LogP contribution in [0.3, 0.4) is 0 Å². The van der Waals surface area contributed by atoms with Crippen molar-refractivity contribution in [1.82, 2.24) is 10.2 Å². The first-order valence-electron chi connectivity index (χ1n) is 11.6. The molecule has 0 bridgehead atoms. The van der Waals surface area contributed by atoms with Gasteiger partial charge < -0.3 is 10.2 Å². The number of carbonyl (C=O) groups excluding carboxylic acids is 2. The van der Waals surface area contributed by atoms with Gasteiger partial charge in [-0.3, -0.25) is 9.59 Å². The molecule has 0 heterocycles. The van der Waals surface area contributed by atoms with Crippen LogP contribution in [0.2, 0.25) is 5.02 Å². The highest BCUT2D eigenvalue weighted by molar-refractivity contribution is 7.99. The summed E-state index contributed by atoms with van der Waals surface area (Å²) in [7, 11) is 0. The topological polar surface area (TPSA) is 49.4 Å². The molecule has 0 spiro atoms. The fraction of sp³-hybridized carbons (Fsp3) is 0.286. The van der Waals surface area contributed by atoms with E-state index in [1.54, 1.807) is 16.7 Å². The second-order valence-electron chi connectivity index (χ2n) is 8.06. The summed E-state index contributed by atoms with van der Waals surface area (Å²) in [4.78, 5) is 29.6. The number of hydrogen-bond acceptors (Lipinski definition) is 3. The number of rotatable bonds is 12. The van der Waals surface area contributed by atoms with Gasteiger partial charge in [-0.25, -0.2) is 0 Å². The maximum Gasteiger partial charge on any atom is 0.243 e. The molecule has 178 valence electrons. The molecule has 3 rings (SSSR count). The summed E-state index contributed by atoms with van der Waals surface area (Å²) in [5, 5.41) is 3.65. The van der Waals surface area contributed by atoms with E-state index < -0.39 is 6.04 Å². The smallest absolute Gasteiger partial charge is 0.243 e. The van der Waals surface area contributed by atoms with Crippen molar-refractivity contribution < 1.29 is 9.59 Å². The van der Waals surface area contributed by atoms with Crippen molar-refractivity contribution in [2.45, 2.75) is 43.7 Å². The Morgan fingerprint density at radius 1 is 0.912 bits per heavy atom. The van der Waals surface area contributed by atoms with Crippen LogP contribution in [0.1, 0.15) is 30.9 Å². The summed E-state index contributed by atoms with van der Waals surface area (Å²) in [5.74, 6) is 0.490. The number of thioether (sulfide) groups is 1. The van der Waals surface area contributed by atoms with Crippen LogP contribution < -0.4 is 5.32 Å². The van der Waals surface area contributed by atoms with Crippen LogP contribution in [0, 0.1) is 0 Å². The van der Waals surface area contributed by atoms with E-state index in [9.17, 15) is 9.59 Å². The van der Waals surface area contributed by atoms with Gasteiger partial charge in [0.25, 0.3) is 0 Å². The molecule has 2 amide bonds. The highest BCUT2D eigenvalue weighted by atomic mass is 35.5. The van der Waals surface area contributed by atoms with Crippen molar-refractivity contribution >= 4 is 35.2 Å². The van der Waals surface area contributed by atoms with Crippen molar-refractivity contribution in [3.8, 4) is 0 Å². The largest absolute Gasteiger partial charge is 0.354 e. The molecule has 0 aromatic heterocycles. The third-order valence-corrected chi connectivity index (χ3v) is 6.68. The van der Waals surface area contributed by atoms with Crippen LogP contribution in [0.4, 0.5) is 0 Å². The van der Waals surface area contributed by atoms with Gasteiger partial charge in [0.1, 0.15) is 6.04 Å². The third kappa shape index (κ3) is 8.23. The first-order valence-corrected chi connectivity index (χ1v) is 13.0. The molecule has 34 heavy (non-hydrogen) atoms. The first kappa shape index (κ1) is 25.9. The maximum atomic E-state index is 13.5. The second kappa shape index (κ2) is 13.8. The average Bonchev–Trinajstić information content (AvgIpc) is 2.87. The Morgan fingerprint density at radius 3 is 2.21 bits per heavy atom. The summed E-state index contributed by atoms with van der Waals surface area (Å²) in [6.45, 7) is 2.95. The lowest BCUT2D eigenvalue weighted by molar-refractivity contribution is -0.141. The summed E-state index contributed by atoms with van der Waals surface area (Å²) in [5.41, 5.74) is 1.96. The molecule has 0 unspecified atom stereocenters. The van der Waals surface area contributed by atoms with E-state index in [-0.39, 0.29) is 11.8 Å². The van der Waals surface area contributed by atoms with Crippen LogP contribution in [0.25, 0.3) is 0 Å². The number of halogens is 1. The number of amides is 2. The lowest BCUT2D eigenvalue weighted by Crippen LogP contribution is -2.50. The van der Waals surface area contributed by atoms with Gasteiger partial charge in [-0.2, -0.15) is 0 Å². The van der Waals surface area contributed by atoms with Crippen LogP contribution in [-0.2, 0) is 22.6 Å². The molecule has 0 aliphatic heterocycles. The Kier molecular flexibility index (Phi) is 10.5. The minimum absolute atomic E-state index is 0.0361. The fourth-order valence-electron chi connectivity index (χ4n) is 3.62. The molecular weight excluding hydrogens is 464 g/mol. The molecule has 0 saturated heterocycles. The Labute approximate surface area is 211 Å². The third-order valence-electron chi connectivity index (χ3n) is 5.41. The van der Waals surface area contributed by atoms with Gasteiger partial charge in [0.2, 0.25) is 11.8 Å². The van der Waals surface area contributed by atoms with Gasteiger partial charge in [-0.05, 0) is 41.8 Å². The predicted octanol–water partition coefficient (Wildman–Crippen LogP) is 5.99. The molecule has 1 atom stereocenters. The summed E-state index contributed by atoms with van der Waals surface area (Å²) in [6, 6.07) is 26.7. The number of benzene rings is 3. The number of nitrogens with one attached hydrogen (secondary N) is 1. The number of hydrogen-bond donors (Lipinski definition) is 1. The monoisotopic (exact) mass is 494 g/mol.